The molecule has 0 rings (SSSR count). The summed E-state index contributed by atoms with van der Waals surface area (Å²) in [6, 6.07) is 0. The first kappa shape index (κ1) is 6.53. The number of hydrogen-bond donors (Lipinski definition) is 1. The lowest BCUT2D eigenvalue weighted by atomic mass is 11.6. The minimum atomic E-state index is -2.07. The molecule has 0 aromatic carbocycles. The average molecular weight is 122 g/mol. The van der Waals surface area contributed by atoms with Crippen molar-refractivity contribution in [3.8, 4) is 0 Å². The SMILES string of the molecule is CO[P+](=O)OC=N. The monoisotopic (exact) mass is 122 g/mol. The summed E-state index contributed by atoms with van der Waals surface area (Å²) in [6.45, 7) is 0. The van der Waals surface area contributed by atoms with Crippen molar-refractivity contribution in [2.75, 3.05) is 7.11 Å². The van der Waals surface area contributed by atoms with Crippen molar-refractivity contribution < 1.29 is 13.6 Å². The molecule has 7 heavy (non-hydrogen) atoms. The second-order valence-electron chi connectivity index (χ2n) is 0.629. The Morgan fingerprint density at radius 2 is 2.43 bits per heavy atom. The maximum absolute atomic E-state index is 9.96. The first-order valence-corrected chi connectivity index (χ1v) is 2.58. The first-order chi connectivity index (χ1) is 3.31. The van der Waals surface area contributed by atoms with Gasteiger partial charge in [-0.2, -0.15) is 0 Å². The highest BCUT2D eigenvalue weighted by atomic mass is 31.1. The van der Waals surface area contributed by atoms with Crippen LogP contribution in [0.5, 0.6) is 0 Å². The summed E-state index contributed by atoms with van der Waals surface area (Å²) in [6.07, 6.45) is 0.572. The lowest BCUT2D eigenvalue weighted by molar-refractivity contribution is 0.349. The molecule has 1 atom stereocenters. The van der Waals surface area contributed by atoms with Gasteiger partial charge in [-0.1, -0.05) is 0 Å². The molecule has 0 heterocycles. The molecule has 1 unspecified atom stereocenters. The van der Waals surface area contributed by atoms with Gasteiger partial charge in [0.15, 0.2) is 0 Å². The van der Waals surface area contributed by atoms with Gasteiger partial charge in [0.05, 0.1) is 7.11 Å². The molecule has 0 spiro atoms. The second-order valence-corrected chi connectivity index (χ2v) is 1.65. The van der Waals surface area contributed by atoms with Gasteiger partial charge in [-0.25, -0.2) is 4.52 Å². The van der Waals surface area contributed by atoms with Gasteiger partial charge in [0.25, 0.3) is 0 Å². The van der Waals surface area contributed by atoms with E-state index in [1.807, 2.05) is 0 Å². The van der Waals surface area contributed by atoms with Crippen LogP contribution in [0.3, 0.4) is 0 Å². The molecule has 40 valence electrons. The van der Waals surface area contributed by atoms with E-state index in [0.29, 0.717) is 6.40 Å². The second kappa shape index (κ2) is 3.71. The topological polar surface area (TPSA) is 59.4 Å². The van der Waals surface area contributed by atoms with Gasteiger partial charge in [0.2, 0.25) is 6.40 Å². The summed E-state index contributed by atoms with van der Waals surface area (Å²) in [7, 11) is -0.833. The summed E-state index contributed by atoms with van der Waals surface area (Å²) in [5, 5.41) is 6.23. The number of rotatable bonds is 3. The van der Waals surface area contributed by atoms with E-state index in [4.69, 9.17) is 5.41 Å². The third-order valence-corrected chi connectivity index (χ3v) is 0.864. The Hall–Kier alpha value is -0.470. The van der Waals surface area contributed by atoms with Crippen LogP contribution in [0.15, 0.2) is 0 Å². The molecule has 0 aliphatic heterocycles. The molecular formula is C2H5NO3P+. The van der Waals surface area contributed by atoms with Crippen LogP contribution in [0, 0.1) is 5.41 Å². The Morgan fingerprint density at radius 3 is 2.57 bits per heavy atom. The average Bonchev–Trinajstić information content (AvgIpc) is 1.68. The van der Waals surface area contributed by atoms with Crippen LogP contribution in [-0.2, 0) is 13.6 Å². The van der Waals surface area contributed by atoms with E-state index in [9.17, 15) is 4.57 Å². The zero-order valence-corrected chi connectivity index (χ0v) is 4.64. The lowest BCUT2D eigenvalue weighted by Gasteiger charge is -1.70. The Balaban J connectivity index is 3.17. The zero-order valence-electron chi connectivity index (χ0n) is 3.75. The summed E-state index contributed by atoms with van der Waals surface area (Å²) in [5.41, 5.74) is 0. The van der Waals surface area contributed by atoms with Crippen molar-refractivity contribution in [2.24, 2.45) is 0 Å². The molecule has 0 fully saturated rings. The molecule has 0 saturated carbocycles. The van der Waals surface area contributed by atoms with Crippen LogP contribution in [0.4, 0.5) is 0 Å². The fourth-order valence-corrected chi connectivity index (χ4v) is 0.258. The third-order valence-electron chi connectivity index (χ3n) is 0.288. The Labute approximate surface area is 41.9 Å². The smallest absolute Gasteiger partial charge is 0.270 e. The van der Waals surface area contributed by atoms with Crippen LogP contribution in [0.1, 0.15) is 0 Å². The van der Waals surface area contributed by atoms with Gasteiger partial charge in [-0.05, 0) is 0 Å². The molecule has 0 amide bonds. The first-order valence-electron chi connectivity index (χ1n) is 1.48. The minimum absolute atomic E-state index is 0.572. The Morgan fingerprint density at radius 1 is 1.86 bits per heavy atom. The highest BCUT2D eigenvalue weighted by molar-refractivity contribution is 7.33. The zero-order chi connectivity index (χ0) is 5.70. The molecule has 5 heteroatoms. The van der Waals surface area contributed by atoms with Gasteiger partial charge < -0.3 is 0 Å². The summed E-state index contributed by atoms with van der Waals surface area (Å²) >= 11 is 0. The van der Waals surface area contributed by atoms with Gasteiger partial charge >= 0.3 is 8.25 Å². The standard InChI is InChI=1S/C2H5NO3P/c1-5-7(4)6-2-3/h2-3H,1H3/q+1. The van der Waals surface area contributed by atoms with Crippen molar-refractivity contribution >= 4 is 14.7 Å². The normalized spacial score (nSPS) is 10.1. The van der Waals surface area contributed by atoms with Crippen LogP contribution >= 0.6 is 8.25 Å². The molecule has 0 aliphatic rings. The molecule has 0 bridgehead atoms. The quantitative estimate of drug-likeness (QED) is 0.344. The lowest BCUT2D eigenvalue weighted by Crippen LogP contribution is -1.72. The van der Waals surface area contributed by atoms with Crippen LogP contribution in [0.2, 0.25) is 0 Å². The third kappa shape index (κ3) is 3.36. The van der Waals surface area contributed by atoms with E-state index in [-0.39, 0.29) is 0 Å². The summed E-state index contributed by atoms with van der Waals surface area (Å²) in [4.78, 5) is 0. The maximum Gasteiger partial charge on any atom is 0.750 e. The van der Waals surface area contributed by atoms with E-state index in [0.717, 1.165) is 0 Å². The van der Waals surface area contributed by atoms with Gasteiger partial charge in [0.1, 0.15) is 0 Å². The van der Waals surface area contributed by atoms with Crippen molar-refractivity contribution in [2.45, 2.75) is 0 Å². The minimum Gasteiger partial charge on any atom is -0.270 e. The van der Waals surface area contributed by atoms with Crippen LogP contribution in [-0.4, -0.2) is 13.5 Å². The van der Waals surface area contributed by atoms with Crippen LogP contribution < -0.4 is 0 Å². The molecule has 0 radical (unpaired) electrons. The van der Waals surface area contributed by atoms with Crippen molar-refractivity contribution in [1.29, 1.82) is 5.41 Å². The van der Waals surface area contributed by atoms with E-state index in [2.05, 4.69) is 9.05 Å². The van der Waals surface area contributed by atoms with E-state index in [1.165, 1.54) is 7.11 Å². The fourth-order valence-electron chi connectivity index (χ4n) is 0.0861. The molecule has 0 aliphatic carbocycles. The van der Waals surface area contributed by atoms with Crippen molar-refractivity contribution in [3.05, 3.63) is 0 Å². The van der Waals surface area contributed by atoms with Gasteiger partial charge in [-0.15, -0.1) is 4.52 Å². The fraction of sp³-hybridized carbons (Fsp3) is 0.500. The molecule has 1 N–H and O–H groups in total. The molecule has 0 aromatic heterocycles. The maximum atomic E-state index is 9.96. The molecule has 4 nitrogen and oxygen atoms in total. The van der Waals surface area contributed by atoms with Gasteiger partial charge in [-0.3, -0.25) is 5.41 Å². The highest BCUT2D eigenvalue weighted by Gasteiger charge is 2.13. The van der Waals surface area contributed by atoms with Crippen molar-refractivity contribution in [3.63, 3.8) is 0 Å². The van der Waals surface area contributed by atoms with Crippen molar-refractivity contribution in [1.82, 2.24) is 0 Å². The molecule has 0 aromatic rings. The predicted molar refractivity (Wildman–Crippen MR) is 24.5 cm³/mol. The summed E-state index contributed by atoms with van der Waals surface area (Å²) in [5.74, 6) is 0. The number of hydrogen-bond acceptors (Lipinski definition) is 4. The Bertz CT molecular complexity index is 83.0. The van der Waals surface area contributed by atoms with E-state index >= 15 is 0 Å². The molecular weight excluding hydrogens is 117 g/mol. The predicted octanol–water partition coefficient (Wildman–Crippen LogP) is 0.914. The van der Waals surface area contributed by atoms with Gasteiger partial charge in [0, 0.05) is 4.57 Å². The van der Waals surface area contributed by atoms with E-state index < -0.39 is 8.25 Å². The number of nitrogens with one attached hydrogen (secondary N) is 1. The highest BCUT2D eigenvalue weighted by Crippen LogP contribution is 2.18. The van der Waals surface area contributed by atoms with Crippen LogP contribution in [0.25, 0.3) is 0 Å². The largest absolute Gasteiger partial charge is 0.750 e. The molecule has 0 saturated heterocycles. The summed E-state index contributed by atoms with van der Waals surface area (Å²) < 4.78 is 18.1. The van der Waals surface area contributed by atoms with E-state index in [1.54, 1.807) is 0 Å². The Kier molecular flexibility index (Phi) is 3.46.